The van der Waals surface area contributed by atoms with E-state index in [0.29, 0.717) is 6.61 Å². The molecule has 1 rings (SSSR count). The first-order valence-electron chi connectivity index (χ1n) is 7.24. The first kappa shape index (κ1) is 19.0. The van der Waals surface area contributed by atoms with Gasteiger partial charge in [0.2, 0.25) is 0 Å². The second-order valence-electron chi connectivity index (χ2n) is 5.46. The summed E-state index contributed by atoms with van der Waals surface area (Å²) in [5.41, 5.74) is 0.00564. The fraction of sp³-hybridized carbons (Fsp3) is 0.500. The summed E-state index contributed by atoms with van der Waals surface area (Å²) in [5.74, 6) is -5.03. The second-order valence-corrected chi connectivity index (χ2v) is 5.46. The topological polar surface area (TPSA) is 52.6 Å². The van der Waals surface area contributed by atoms with Gasteiger partial charge in [-0.15, -0.1) is 0 Å². The van der Waals surface area contributed by atoms with Crippen molar-refractivity contribution in [2.75, 3.05) is 6.61 Å². The molecule has 0 amide bonds. The van der Waals surface area contributed by atoms with Crippen molar-refractivity contribution in [3.63, 3.8) is 0 Å². The lowest BCUT2D eigenvalue weighted by Crippen LogP contribution is -2.11. The van der Waals surface area contributed by atoms with Crippen LogP contribution in [0.2, 0.25) is 0 Å². The first-order chi connectivity index (χ1) is 10.8. The largest absolute Gasteiger partial charge is 0.465 e. The number of hydrogen-bond acceptors (Lipinski definition) is 4. The zero-order chi connectivity index (χ0) is 17.4. The van der Waals surface area contributed by atoms with E-state index < -0.39 is 29.4 Å². The van der Waals surface area contributed by atoms with E-state index in [2.05, 4.69) is 0 Å². The van der Waals surface area contributed by atoms with Crippen LogP contribution in [0.25, 0.3) is 0 Å². The van der Waals surface area contributed by atoms with Crippen LogP contribution >= 0.6 is 0 Å². The Bertz CT molecular complexity index is 535. The van der Waals surface area contributed by atoms with Gasteiger partial charge in [-0.05, 0) is 30.0 Å². The van der Waals surface area contributed by atoms with Gasteiger partial charge in [0.15, 0.2) is 17.5 Å². The molecule has 0 saturated heterocycles. The molecular weight excluding hydrogens is 313 g/mol. The average molecular weight is 332 g/mol. The predicted molar refractivity (Wildman–Crippen MR) is 75.8 cm³/mol. The van der Waals surface area contributed by atoms with E-state index in [1.54, 1.807) is 0 Å². The average Bonchev–Trinajstić information content (AvgIpc) is 2.48. The van der Waals surface area contributed by atoms with Gasteiger partial charge in [-0.3, -0.25) is 9.59 Å². The Morgan fingerprint density at radius 3 is 2.04 bits per heavy atom. The van der Waals surface area contributed by atoms with Gasteiger partial charge in [0.05, 0.1) is 6.61 Å². The molecule has 4 nitrogen and oxygen atoms in total. The second kappa shape index (κ2) is 9.17. The summed E-state index contributed by atoms with van der Waals surface area (Å²) < 4.78 is 48.5. The van der Waals surface area contributed by atoms with Crippen LogP contribution in [0.5, 0.6) is 0 Å². The van der Waals surface area contributed by atoms with Gasteiger partial charge in [0.25, 0.3) is 0 Å². The highest BCUT2D eigenvalue weighted by molar-refractivity contribution is 5.72. The van der Waals surface area contributed by atoms with Gasteiger partial charge < -0.3 is 9.47 Å². The summed E-state index contributed by atoms with van der Waals surface area (Å²) in [6.45, 7) is 3.77. The molecule has 0 aliphatic rings. The van der Waals surface area contributed by atoms with Gasteiger partial charge in [-0.25, -0.2) is 13.2 Å². The van der Waals surface area contributed by atoms with E-state index in [-0.39, 0.29) is 37.4 Å². The van der Waals surface area contributed by atoms with E-state index in [1.165, 1.54) is 0 Å². The fourth-order valence-corrected chi connectivity index (χ4v) is 1.64. The van der Waals surface area contributed by atoms with Crippen molar-refractivity contribution in [1.29, 1.82) is 0 Å². The molecule has 0 aliphatic carbocycles. The van der Waals surface area contributed by atoms with Gasteiger partial charge in [-0.2, -0.15) is 0 Å². The molecule has 0 unspecified atom stereocenters. The van der Waals surface area contributed by atoms with Crippen LogP contribution in [0.3, 0.4) is 0 Å². The number of esters is 2. The summed E-state index contributed by atoms with van der Waals surface area (Å²) in [6, 6.07) is 1.52. The third-order valence-corrected chi connectivity index (χ3v) is 2.78. The Balaban J connectivity index is 2.28. The van der Waals surface area contributed by atoms with E-state index >= 15 is 0 Å². The molecule has 0 spiro atoms. The minimum atomic E-state index is -1.57. The number of ether oxygens (including phenoxy) is 2. The zero-order valence-electron chi connectivity index (χ0n) is 13.0. The number of carbonyl (C=O) groups excluding carboxylic acids is 2. The van der Waals surface area contributed by atoms with Crippen LogP contribution in [0.15, 0.2) is 12.1 Å². The van der Waals surface area contributed by atoms with Crippen LogP contribution in [0.1, 0.15) is 38.7 Å². The Hall–Kier alpha value is -2.05. The van der Waals surface area contributed by atoms with Crippen LogP contribution in [-0.2, 0) is 25.7 Å². The zero-order valence-corrected chi connectivity index (χ0v) is 13.0. The molecule has 0 aliphatic heterocycles. The molecule has 0 atom stereocenters. The Labute approximate surface area is 132 Å². The molecule has 0 aromatic heterocycles. The first-order valence-corrected chi connectivity index (χ1v) is 7.24. The molecule has 0 fully saturated rings. The van der Waals surface area contributed by atoms with Crippen LogP contribution in [-0.4, -0.2) is 18.5 Å². The number of hydrogen-bond donors (Lipinski definition) is 0. The van der Waals surface area contributed by atoms with E-state index in [9.17, 15) is 22.8 Å². The molecule has 128 valence electrons. The van der Waals surface area contributed by atoms with E-state index in [1.807, 2.05) is 13.8 Å². The predicted octanol–water partition coefficient (Wildman–Crippen LogP) is 3.52. The van der Waals surface area contributed by atoms with Crippen molar-refractivity contribution in [2.45, 2.75) is 39.7 Å². The normalized spacial score (nSPS) is 10.7. The molecule has 1 aromatic carbocycles. The van der Waals surface area contributed by atoms with Gasteiger partial charge in [0.1, 0.15) is 6.61 Å². The molecule has 7 heteroatoms. The van der Waals surface area contributed by atoms with Crippen molar-refractivity contribution in [3.05, 3.63) is 35.1 Å². The number of halogens is 3. The van der Waals surface area contributed by atoms with Crippen LogP contribution < -0.4 is 0 Å². The smallest absolute Gasteiger partial charge is 0.306 e. The maximum absolute atomic E-state index is 13.0. The summed E-state index contributed by atoms with van der Waals surface area (Å²) in [5, 5.41) is 0. The number of benzene rings is 1. The molecule has 0 bridgehead atoms. The summed E-state index contributed by atoms with van der Waals surface area (Å²) in [4.78, 5) is 22.8. The highest BCUT2D eigenvalue weighted by Crippen LogP contribution is 2.14. The number of carbonyl (C=O) groups is 2. The lowest BCUT2D eigenvalue weighted by Gasteiger charge is -2.07. The molecule has 23 heavy (non-hydrogen) atoms. The molecule has 0 radical (unpaired) electrons. The van der Waals surface area contributed by atoms with Crippen molar-refractivity contribution < 1.29 is 32.2 Å². The quantitative estimate of drug-likeness (QED) is 0.540. The molecule has 1 aromatic rings. The Kier molecular flexibility index (Phi) is 7.57. The lowest BCUT2D eigenvalue weighted by molar-refractivity contribution is -0.146. The van der Waals surface area contributed by atoms with Crippen LogP contribution in [0, 0.1) is 23.4 Å². The van der Waals surface area contributed by atoms with Gasteiger partial charge in [-0.1, -0.05) is 13.8 Å². The highest BCUT2D eigenvalue weighted by atomic mass is 19.2. The number of rotatable bonds is 8. The van der Waals surface area contributed by atoms with E-state index in [0.717, 1.165) is 12.1 Å². The maximum atomic E-state index is 13.0. The van der Waals surface area contributed by atoms with Gasteiger partial charge >= 0.3 is 11.9 Å². The molecule has 0 saturated carbocycles. The summed E-state index contributed by atoms with van der Waals surface area (Å²) in [6.07, 6.45) is 0.312. The monoisotopic (exact) mass is 332 g/mol. The highest BCUT2D eigenvalue weighted by Gasteiger charge is 2.12. The van der Waals surface area contributed by atoms with Crippen molar-refractivity contribution in [3.8, 4) is 0 Å². The van der Waals surface area contributed by atoms with Crippen molar-refractivity contribution >= 4 is 11.9 Å². The molecule has 0 N–H and O–H groups in total. The SMILES string of the molecule is CC(C)COC(=O)CCCC(=O)OCc1cc(F)c(F)c(F)c1. The van der Waals surface area contributed by atoms with E-state index in [4.69, 9.17) is 9.47 Å². The minimum absolute atomic E-state index is 0.00564. The van der Waals surface area contributed by atoms with Crippen molar-refractivity contribution in [1.82, 2.24) is 0 Å². The van der Waals surface area contributed by atoms with Crippen molar-refractivity contribution in [2.24, 2.45) is 5.92 Å². The standard InChI is InChI=1S/C16H19F3O4/c1-10(2)8-22-14(20)4-3-5-15(21)23-9-11-6-12(17)16(19)13(18)7-11/h6-7,10H,3-5,8-9H2,1-2H3. The lowest BCUT2D eigenvalue weighted by atomic mass is 10.2. The van der Waals surface area contributed by atoms with Gasteiger partial charge in [0, 0.05) is 12.8 Å². The third kappa shape index (κ3) is 7.17. The third-order valence-electron chi connectivity index (χ3n) is 2.78. The van der Waals surface area contributed by atoms with Crippen LogP contribution in [0.4, 0.5) is 13.2 Å². The molecule has 0 heterocycles. The summed E-state index contributed by atoms with van der Waals surface area (Å²) in [7, 11) is 0. The Morgan fingerprint density at radius 2 is 1.52 bits per heavy atom. The fourth-order valence-electron chi connectivity index (χ4n) is 1.64. The summed E-state index contributed by atoms with van der Waals surface area (Å²) >= 11 is 0. The minimum Gasteiger partial charge on any atom is -0.465 e. The maximum Gasteiger partial charge on any atom is 0.306 e. The molecular formula is C16H19F3O4. The Morgan fingerprint density at radius 1 is 1.00 bits per heavy atom.